The van der Waals surface area contributed by atoms with Crippen LogP contribution < -0.4 is 25.1 Å². The van der Waals surface area contributed by atoms with E-state index in [0.717, 1.165) is 16.9 Å². The number of hydrogen-bond acceptors (Lipinski definition) is 6. The van der Waals surface area contributed by atoms with Crippen molar-refractivity contribution in [1.29, 1.82) is 0 Å². The molecular formula is C24H29N3O5. The molecule has 0 radical (unpaired) electrons. The standard InChI is InChI=1S/C24H29N3O5/c1-15-8-9-20(30-3)17(11-15)16(2)26-23(28)7-6-10-27-14-25-19-13-22(32-5)21(31-4)12-18(19)24(27)29/h8-9,11-14,16H,6-7,10H2,1-5H3,(H,26,28). The Morgan fingerprint density at radius 1 is 1.06 bits per heavy atom. The molecule has 1 amide bonds. The monoisotopic (exact) mass is 439 g/mol. The van der Waals surface area contributed by atoms with Gasteiger partial charge in [-0.3, -0.25) is 14.2 Å². The van der Waals surface area contributed by atoms with Gasteiger partial charge >= 0.3 is 0 Å². The number of aromatic nitrogens is 2. The van der Waals surface area contributed by atoms with Gasteiger partial charge in [0, 0.05) is 24.6 Å². The van der Waals surface area contributed by atoms with Crippen molar-refractivity contribution in [2.45, 2.75) is 39.3 Å². The van der Waals surface area contributed by atoms with Crippen LogP contribution in [0.1, 0.15) is 36.9 Å². The van der Waals surface area contributed by atoms with Crippen molar-refractivity contribution in [2.24, 2.45) is 0 Å². The summed E-state index contributed by atoms with van der Waals surface area (Å²) in [5.41, 5.74) is 2.37. The first kappa shape index (κ1) is 23.1. The fraction of sp³-hybridized carbons (Fsp3) is 0.375. The number of rotatable bonds is 9. The number of ether oxygens (including phenoxy) is 3. The van der Waals surface area contributed by atoms with E-state index in [4.69, 9.17) is 14.2 Å². The highest BCUT2D eigenvalue weighted by Crippen LogP contribution is 2.30. The molecular weight excluding hydrogens is 410 g/mol. The highest BCUT2D eigenvalue weighted by Gasteiger charge is 2.15. The lowest BCUT2D eigenvalue weighted by Crippen LogP contribution is -2.27. The number of carbonyl (C=O) groups excluding carboxylic acids is 1. The van der Waals surface area contributed by atoms with E-state index >= 15 is 0 Å². The second-order valence-electron chi connectivity index (χ2n) is 7.61. The molecule has 1 N–H and O–H groups in total. The minimum Gasteiger partial charge on any atom is -0.496 e. The Kier molecular flexibility index (Phi) is 7.35. The molecule has 0 aliphatic carbocycles. The summed E-state index contributed by atoms with van der Waals surface area (Å²) in [6, 6.07) is 8.99. The highest BCUT2D eigenvalue weighted by atomic mass is 16.5. The van der Waals surface area contributed by atoms with Gasteiger partial charge in [-0.25, -0.2) is 4.98 Å². The number of hydrogen-bond donors (Lipinski definition) is 1. The number of nitrogens with one attached hydrogen (secondary N) is 1. The van der Waals surface area contributed by atoms with Gasteiger partial charge in [0.25, 0.3) is 5.56 Å². The minimum absolute atomic E-state index is 0.0886. The summed E-state index contributed by atoms with van der Waals surface area (Å²) in [7, 11) is 4.67. The summed E-state index contributed by atoms with van der Waals surface area (Å²) in [6.45, 7) is 4.30. The molecule has 0 fully saturated rings. The normalized spacial score (nSPS) is 11.8. The Bertz CT molecular complexity index is 1170. The van der Waals surface area contributed by atoms with Crippen LogP contribution in [0.4, 0.5) is 0 Å². The van der Waals surface area contributed by atoms with Gasteiger partial charge in [-0.1, -0.05) is 17.7 Å². The van der Waals surface area contributed by atoms with Crippen LogP contribution in [0.2, 0.25) is 0 Å². The average Bonchev–Trinajstić information content (AvgIpc) is 2.79. The summed E-state index contributed by atoms with van der Waals surface area (Å²) in [5, 5.41) is 3.44. The number of methoxy groups -OCH3 is 3. The molecule has 3 rings (SSSR count). The average molecular weight is 440 g/mol. The van der Waals surface area contributed by atoms with E-state index in [1.807, 2.05) is 32.0 Å². The first-order chi connectivity index (χ1) is 15.4. The summed E-state index contributed by atoms with van der Waals surface area (Å²) in [5.74, 6) is 1.63. The highest BCUT2D eigenvalue weighted by molar-refractivity contribution is 5.81. The van der Waals surface area contributed by atoms with Gasteiger partial charge in [-0.05, 0) is 32.4 Å². The maximum Gasteiger partial charge on any atom is 0.261 e. The molecule has 0 bridgehead atoms. The Morgan fingerprint density at radius 2 is 1.75 bits per heavy atom. The van der Waals surface area contributed by atoms with Crippen LogP contribution in [0.5, 0.6) is 17.2 Å². The maximum atomic E-state index is 12.8. The van der Waals surface area contributed by atoms with E-state index in [2.05, 4.69) is 10.3 Å². The third-order valence-electron chi connectivity index (χ3n) is 5.36. The molecule has 1 heterocycles. The number of amides is 1. The summed E-state index contributed by atoms with van der Waals surface area (Å²) >= 11 is 0. The van der Waals surface area contributed by atoms with Crippen LogP contribution in [0.3, 0.4) is 0 Å². The molecule has 0 aliphatic heterocycles. The first-order valence-electron chi connectivity index (χ1n) is 10.4. The smallest absolute Gasteiger partial charge is 0.261 e. The van der Waals surface area contributed by atoms with Crippen molar-refractivity contribution >= 4 is 16.8 Å². The van der Waals surface area contributed by atoms with E-state index in [9.17, 15) is 9.59 Å². The fourth-order valence-corrected chi connectivity index (χ4v) is 3.64. The van der Waals surface area contributed by atoms with Gasteiger partial charge in [-0.2, -0.15) is 0 Å². The SMILES string of the molecule is COc1cc2ncn(CCCC(=O)NC(C)c3cc(C)ccc3OC)c(=O)c2cc1OC. The first-order valence-corrected chi connectivity index (χ1v) is 10.4. The lowest BCUT2D eigenvalue weighted by Gasteiger charge is -2.18. The van der Waals surface area contributed by atoms with E-state index in [1.54, 1.807) is 19.2 Å². The van der Waals surface area contributed by atoms with Crippen LogP contribution in [-0.2, 0) is 11.3 Å². The van der Waals surface area contributed by atoms with E-state index in [-0.39, 0.29) is 23.9 Å². The van der Waals surface area contributed by atoms with Crippen LogP contribution in [0, 0.1) is 6.92 Å². The van der Waals surface area contributed by atoms with Crippen molar-refractivity contribution in [1.82, 2.24) is 14.9 Å². The molecule has 170 valence electrons. The van der Waals surface area contributed by atoms with Crippen LogP contribution in [0.15, 0.2) is 41.5 Å². The van der Waals surface area contributed by atoms with Gasteiger partial charge in [0.2, 0.25) is 5.91 Å². The molecule has 0 saturated heterocycles. The van der Waals surface area contributed by atoms with Crippen LogP contribution in [0.25, 0.3) is 10.9 Å². The summed E-state index contributed by atoms with van der Waals surface area (Å²) < 4.78 is 17.5. The number of fused-ring (bicyclic) bond motifs is 1. The molecule has 8 nitrogen and oxygen atoms in total. The zero-order chi connectivity index (χ0) is 23.3. The van der Waals surface area contributed by atoms with Crippen LogP contribution >= 0.6 is 0 Å². The molecule has 2 aromatic carbocycles. The third-order valence-corrected chi connectivity index (χ3v) is 5.36. The van der Waals surface area contributed by atoms with Gasteiger partial charge in [0.05, 0.1) is 44.6 Å². The lowest BCUT2D eigenvalue weighted by molar-refractivity contribution is -0.121. The van der Waals surface area contributed by atoms with Crippen molar-refractivity contribution in [2.75, 3.05) is 21.3 Å². The van der Waals surface area contributed by atoms with E-state index < -0.39 is 0 Å². The minimum atomic E-state index is -0.190. The fourth-order valence-electron chi connectivity index (χ4n) is 3.64. The maximum absolute atomic E-state index is 12.8. The van der Waals surface area contributed by atoms with Gasteiger partial charge in [0.1, 0.15) is 5.75 Å². The lowest BCUT2D eigenvalue weighted by atomic mass is 10.0. The van der Waals surface area contributed by atoms with E-state index in [1.165, 1.54) is 25.1 Å². The van der Waals surface area contributed by atoms with Crippen molar-refractivity contribution < 1.29 is 19.0 Å². The predicted molar refractivity (Wildman–Crippen MR) is 123 cm³/mol. The Hall–Kier alpha value is -3.55. The molecule has 1 aromatic heterocycles. The topological polar surface area (TPSA) is 91.7 Å². The van der Waals surface area contributed by atoms with Crippen molar-refractivity contribution in [3.8, 4) is 17.2 Å². The molecule has 8 heteroatoms. The van der Waals surface area contributed by atoms with Crippen LogP contribution in [-0.4, -0.2) is 36.8 Å². The number of carbonyl (C=O) groups is 1. The van der Waals surface area contributed by atoms with E-state index in [0.29, 0.717) is 35.4 Å². The Labute approximate surface area is 187 Å². The molecule has 3 aromatic rings. The Morgan fingerprint density at radius 3 is 2.44 bits per heavy atom. The molecule has 0 saturated carbocycles. The number of nitrogens with zero attached hydrogens (tertiary/aromatic N) is 2. The molecule has 1 atom stereocenters. The molecule has 0 spiro atoms. The van der Waals surface area contributed by atoms with Crippen molar-refractivity contribution in [3.63, 3.8) is 0 Å². The number of benzene rings is 2. The zero-order valence-corrected chi connectivity index (χ0v) is 19.1. The summed E-state index contributed by atoms with van der Waals surface area (Å²) in [6.07, 6.45) is 2.29. The quantitative estimate of drug-likeness (QED) is 0.550. The third kappa shape index (κ3) is 5.01. The van der Waals surface area contributed by atoms with Gasteiger partial charge < -0.3 is 19.5 Å². The van der Waals surface area contributed by atoms with Gasteiger partial charge in [-0.15, -0.1) is 0 Å². The summed E-state index contributed by atoms with van der Waals surface area (Å²) in [4.78, 5) is 29.7. The molecule has 1 unspecified atom stereocenters. The predicted octanol–water partition coefficient (Wildman–Crippen LogP) is 3.39. The van der Waals surface area contributed by atoms with Gasteiger partial charge in [0.15, 0.2) is 11.5 Å². The second-order valence-corrected chi connectivity index (χ2v) is 7.61. The Balaban J connectivity index is 1.65. The zero-order valence-electron chi connectivity index (χ0n) is 19.1. The number of aryl methyl sites for hydroxylation is 2. The largest absolute Gasteiger partial charge is 0.496 e. The molecule has 0 aliphatic rings. The van der Waals surface area contributed by atoms with Crippen molar-refractivity contribution in [3.05, 3.63) is 58.1 Å². The second kappa shape index (κ2) is 10.2. The molecule has 32 heavy (non-hydrogen) atoms.